The van der Waals surface area contributed by atoms with Crippen LogP contribution in [0.15, 0.2) is 0 Å². The maximum absolute atomic E-state index is 2.15. The van der Waals surface area contributed by atoms with E-state index in [0.717, 1.165) is 0 Å². The summed E-state index contributed by atoms with van der Waals surface area (Å²) in [7, 11) is 0. The summed E-state index contributed by atoms with van der Waals surface area (Å²) >= 11 is 15.1. The molecule has 7 heteroatoms. The molecule has 0 atom stereocenters. The molecule has 0 nitrogen and oxygen atoms in total. The maximum atomic E-state index is 2.15. The van der Waals surface area contributed by atoms with Crippen molar-refractivity contribution >= 4 is 158 Å². The van der Waals surface area contributed by atoms with Gasteiger partial charge in [0.1, 0.15) is 0 Å². The largest absolute Gasteiger partial charge is 0.0901 e. The standard InChI is InChI=1S/7CH3I/c7*1-2/h7*1H3. The quantitative estimate of drug-likeness (QED) is 0.176. The third kappa shape index (κ3) is 170. The van der Waals surface area contributed by atoms with Crippen molar-refractivity contribution in [1.82, 2.24) is 0 Å². The van der Waals surface area contributed by atoms with E-state index >= 15 is 0 Å². The van der Waals surface area contributed by atoms with Crippen LogP contribution >= 0.6 is 158 Å². The summed E-state index contributed by atoms with van der Waals surface area (Å²) in [5.74, 6) is 0. The first-order valence-corrected chi connectivity index (χ1v) is 17.7. The Bertz CT molecular complexity index is 14.0. The van der Waals surface area contributed by atoms with Crippen LogP contribution < -0.4 is 0 Å². The summed E-state index contributed by atoms with van der Waals surface area (Å²) in [6.45, 7) is 0. The maximum Gasteiger partial charge on any atom is -0.0121 e. The Morgan fingerprint density at radius 1 is 0.214 bits per heavy atom. The summed E-state index contributed by atoms with van der Waals surface area (Å²) in [5, 5.41) is 0. The van der Waals surface area contributed by atoms with E-state index in [2.05, 4.69) is 158 Å². The van der Waals surface area contributed by atoms with Gasteiger partial charge in [0.2, 0.25) is 0 Å². The summed E-state index contributed by atoms with van der Waals surface area (Å²) in [4.78, 5) is 13.8. The lowest BCUT2D eigenvalue weighted by Gasteiger charge is -1.05. The van der Waals surface area contributed by atoms with E-state index in [0.29, 0.717) is 0 Å². The fourth-order valence-electron chi connectivity index (χ4n) is 0. The SMILES string of the molecule is CI.CI.CI.CI.CI.CI.CI. The van der Waals surface area contributed by atoms with E-state index in [1.807, 2.05) is 34.5 Å². The fourth-order valence-corrected chi connectivity index (χ4v) is 0. The van der Waals surface area contributed by atoms with Crippen LogP contribution in [-0.4, -0.2) is 34.5 Å². The van der Waals surface area contributed by atoms with Gasteiger partial charge >= 0.3 is 0 Å². The lowest BCUT2D eigenvalue weighted by Crippen LogP contribution is -0.798. The van der Waals surface area contributed by atoms with Crippen LogP contribution in [0.5, 0.6) is 0 Å². The fraction of sp³-hybridized carbons (Fsp3) is 1.00. The zero-order valence-electron chi connectivity index (χ0n) is 9.65. The Labute approximate surface area is 188 Å². The minimum absolute atomic E-state index is 1.97. The predicted molar refractivity (Wildman–Crippen MR) is 140 cm³/mol. The Morgan fingerprint density at radius 2 is 0.214 bits per heavy atom. The number of rotatable bonds is 0. The molecule has 0 heterocycles. The smallest absolute Gasteiger partial charge is 0.0121 e. The topological polar surface area (TPSA) is 0 Å². The second-order valence-electron chi connectivity index (χ2n) is 0. The highest BCUT2D eigenvalue weighted by atomic mass is 127. The monoisotopic (exact) mass is 993 g/mol. The second-order valence-corrected chi connectivity index (χ2v) is 0. The molecule has 0 aromatic heterocycles. The first-order chi connectivity index (χ1) is 7.00. The van der Waals surface area contributed by atoms with Crippen molar-refractivity contribution in [3.8, 4) is 0 Å². The summed E-state index contributed by atoms with van der Waals surface area (Å²) in [6.07, 6.45) is 0. The van der Waals surface area contributed by atoms with Gasteiger partial charge in [-0.15, -0.1) is 0 Å². The van der Waals surface area contributed by atoms with Crippen LogP contribution in [0.1, 0.15) is 0 Å². The van der Waals surface area contributed by atoms with Crippen molar-refractivity contribution in [2.45, 2.75) is 0 Å². The van der Waals surface area contributed by atoms with E-state index in [1.54, 1.807) is 0 Å². The molecule has 0 fully saturated rings. The number of hydrogen-bond donors (Lipinski definition) is 0. The van der Waals surface area contributed by atoms with Crippen molar-refractivity contribution in [2.24, 2.45) is 0 Å². The molecule has 0 aliphatic heterocycles. The predicted octanol–water partition coefficient (Wildman–Crippen LogP) is 7.36. The van der Waals surface area contributed by atoms with Gasteiger partial charge in [-0.3, -0.25) is 0 Å². The van der Waals surface area contributed by atoms with Crippen LogP contribution in [0, 0.1) is 0 Å². The second kappa shape index (κ2) is 203. The Morgan fingerprint density at radius 3 is 0.214 bits per heavy atom. The molecule has 0 saturated carbocycles. The molecule has 0 saturated heterocycles. The van der Waals surface area contributed by atoms with Gasteiger partial charge in [-0.1, -0.05) is 158 Å². The summed E-state index contributed by atoms with van der Waals surface area (Å²) in [5.41, 5.74) is 0. The first-order valence-electron chi connectivity index (χ1n) is 2.65. The van der Waals surface area contributed by atoms with Crippen LogP contribution in [0.3, 0.4) is 0 Å². The van der Waals surface area contributed by atoms with Crippen molar-refractivity contribution in [2.75, 3.05) is 34.5 Å². The highest BCUT2D eigenvalue weighted by molar-refractivity contribution is 14.1. The molecule has 0 radical (unpaired) electrons. The van der Waals surface area contributed by atoms with E-state index in [1.165, 1.54) is 0 Å². The highest BCUT2D eigenvalue weighted by Crippen LogP contribution is 1.49. The summed E-state index contributed by atoms with van der Waals surface area (Å²) in [6, 6.07) is 0. The Kier molecular flexibility index (Phi) is 620. The van der Waals surface area contributed by atoms with Gasteiger partial charge in [-0.25, -0.2) is 0 Å². The van der Waals surface area contributed by atoms with Crippen LogP contribution in [0.2, 0.25) is 0 Å². The summed E-state index contributed by atoms with van der Waals surface area (Å²) < 4.78 is 0. The molecule has 0 unspecified atom stereocenters. The molecule has 0 aromatic rings. The minimum Gasteiger partial charge on any atom is -0.0901 e. The lowest BCUT2D eigenvalue weighted by atomic mass is 12.0. The van der Waals surface area contributed by atoms with Crippen molar-refractivity contribution < 1.29 is 0 Å². The van der Waals surface area contributed by atoms with Gasteiger partial charge < -0.3 is 0 Å². The molecule has 0 rings (SSSR count). The minimum atomic E-state index is 1.97. The van der Waals surface area contributed by atoms with Gasteiger partial charge in [-0.2, -0.15) is 0 Å². The third-order valence-electron chi connectivity index (χ3n) is 0. The van der Waals surface area contributed by atoms with E-state index in [4.69, 9.17) is 0 Å². The van der Waals surface area contributed by atoms with Crippen LogP contribution in [-0.2, 0) is 0 Å². The van der Waals surface area contributed by atoms with Gasteiger partial charge in [0.15, 0.2) is 0 Å². The lowest BCUT2D eigenvalue weighted by molar-refractivity contribution is 2.66. The van der Waals surface area contributed by atoms with E-state index in [9.17, 15) is 0 Å². The first kappa shape index (κ1) is 42.7. The third-order valence-corrected chi connectivity index (χ3v) is 0. The van der Waals surface area contributed by atoms with Crippen LogP contribution in [0.25, 0.3) is 0 Å². The van der Waals surface area contributed by atoms with E-state index in [-0.39, 0.29) is 0 Å². The molecule has 0 aliphatic carbocycles. The van der Waals surface area contributed by atoms with Gasteiger partial charge in [-0.05, 0) is 34.5 Å². The molecular formula is C7H21I7. The molecular weight excluding hydrogens is 972 g/mol. The average Bonchev–Trinajstić information content (AvgIpc) is 2.45. The van der Waals surface area contributed by atoms with Crippen molar-refractivity contribution in [3.63, 3.8) is 0 Å². The van der Waals surface area contributed by atoms with Crippen molar-refractivity contribution in [1.29, 1.82) is 0 Å². The van der Waals surface area contributed by atoms with Crippen molar-refractivity contribution in [3.05, 3.63) is 0 Å². The molecule has 0 amide bonds. The Hall–Kier alpha value is 5.11. The molecule has 0 spiro atoms. The Balaban J connectivity index is -0.00000000817. The zero-order valence-corrected chi connectivity index (χ0v) is 24.7. The molecule has 0 N–H and O–H groups in total. The molecule has 98 valence electrons. The number of alkyl halides is 7. The molecule has 0 bridgehead atoms. The van der Waals surface area contributed by atoms with Gasteiger partial charge in [0.05, 0.1) is 0 Å². The average molecular weight is 994 g/mol. The molecule has 0 aliphatic rings. The van der Waals surface area contributed by atoms with Crippen LogP contribution in [0.4, 0.5) is 0 Å². The highest BCUT2D eigenvalue weighted by Gasteiger charge is 0.962. The van der Waals surface area contributed by atoms with E-state index < -0.39 is 0 Å². The molecule has 0 aromatic carbocycles. The van der Waals surface area contributed by atoms with Gasteiger partial charge in [0, 0.05) is 0 Å². The number of hydrogen-bond acceptors (Lipinski definition) is 0. The number of halogens is 7. The van der Waals surface area contributed by atoms with Gasteiger partial charge in [0.25, 0.3) is 0 Å². The zero-order chi connectivity index (χ0) is 14.0. The molecule has 14 heavy (non-hydrogen) atoms. The normalized spacial score (nSPS) is 3.00.